The zero-order valence-corrected chi connectivity index (χ0v) is 10.4. The number of rotatable bonds is 2. The lowest BCUT2D eigenvalue weighted by atomic mass is 9.99. The number of nitrogens with zero attached hydrogens (tertiary/aromatic N) is 2. The fraction of sp³-hybridized carbons (Fsp3) is 0.214. The zero-order chi connectivity index (χ0) is 13.2. The van der Waals surface area contributed by atoms with Crippen LogP contribution in [-0.4, -0.2) is 15.9 Å². The number of carbonyl (C=O) groups excluding carboxylic acids is 1. The van der Waals surface area contributed by atoms with E-state index in [1.807, 2.05) is 12.1 Å². The number of aromatic nitrogens is 2. The summed E-state index contributed by atoms with van der Waals surface area (Å²) in [6.07, 6.45) is 5.23. The molecule has 0 unspecified atom stereocenters. The van der Waals surface area contributed by atoms with Gasteiger partial charge >= 0.3 is 0 Å². The van der Waals surface area contributed by atoms with Crippen LogP contribution in [0.25, 0.3) is 0 Å². The Bertz CT molecular complexity index is 622. The number of hydrogen-bond donors (Lipinski definition) is 2. The number of aryl methyl sites for hydroxylation is 1. The third-order valence-corrected chi connectivity index (χ3v) is 3.15. The molecule has 1 aromatic carbocycles. The molecule has 0 saturated heterocycles. The fourth-order valence-electron chi connectivity index (χ4n) is 2.19. The number of nitrogens with one attached hydrogen (secondary N) is 1. The van der Waals surface area contributed by atoms with Crippen molar-refractivity contribution < 1.29 is 4.79 Å². The molecule has 2 heterocycles. The van der Waals surface area contributed by atoms with Gasteiger partial charge in [-0.05, 0) is 23.6 Å². The van der Waals surface area contributed by atoms with Crippen molar-refractivity contribution in [2.45, 2.75) is 19.3 Å². The number of fused-ring (bicyclic) bond motifs is 1. The maximum atomic E-state index is 11.3. The molecular formula is C14H14N4O. The van der Waals surface area contributed by atoms with Crippen molar-refractivity contribution in [1.82, 2.24) is 9.97 Å². The predicted octanol–water partition coefficient (Wildman–Crippen LogP) is 1.53. The van der Waals surface area contributed by atoms with Crippen LogP contribution < -0.4 is 11.1 Å². The second-order valence-corrected chi connectivity index (χ2v) is 4.65. The van der Waals surface area contributed by atoms with Crippen LogP contribution in [0.1, 0.15) is 23.4 Å². The smallest absolute Gasteiger partial charge is 0.224 e. The molecule has 0 fully saturated rings. The van der Waals surface area contributed by atoms with Gasteiger partial charge < -0.3 is 11.1 Å². The van der Waals surface area contributed by atoms with Crippen molar-refractivity contribution in [2.24, 2.45) is 0 Å². The van der Waals surface area contributed by atoms with Gasteiger partial charge in [0.15, 0.2) is 0 Å². The second-order valence-electron chi connectivity index (χ2n) is 4.65. The average Bonchev–Trinajstić information content (AvgIpc) is 2.42. The van der Waals surface area contributed by atoms with E-state index >= 15 is 0 Å². The summed E-state index contributed by atoms with van der Waals surface area (Å²) in [5.41, 5.74) is 9.35. The van der Waals surface area contributed by atoms with Gasteiger partial charge in [-0.3, -0.25) is 4.79 Å². The number of nitrogens with two attached hydrogens (primary N) is 1. The van der Waals surface area contributed by atoms with Crippen LogP contribution >= 0.6 is 0 Å². The predicted molar refractivity (Wildman–Crippen MR) is 72.6 cm³/mol. The Balaban J connectivity index is 1.82. The summed E-state index contributed by atoms with van der Waals surface area (Å²) < 4.78 is 0. The van der Waals surface area contributed by atoms with E-state index in [-0.39, 0.29) is 5.91 Å². The van der Waals surface area contributed by atoms with E-state index in [1.54, 1.807) is 12.4 Å². The summed E-state index contributed by atoms with van der Waals surface area (Å²) in [6.45, 7) is 0. The van der Waals surface area contributed by atoms with E-state index in [9.17, 15) is 4.79 Å². The summed E-state index contributed by atoms with van der Waals surface area (Å²) in [4.78, 5) is 19.7. The van der Waals surface area contributed by atoms with Crippen molar-refractivity contribution in [3.8, 4) is 0 Å². The average molecular weight is 254 g/mol. The van der Waals surface area contributed by atoms with Crippen LogP contribution in [0, 0.1) is 0 Å². The number of benzene rings is 1. The minimum Gasteiger partial charge on any atom is -0.396 e. The van der Waals surface area contributed by atoms with Gasteiger partial charge in [-0.15, -0.1) is 0 Å². The monoisotopic (exact) mass is 254 g/mol. The summed E-state index contributed by atoms with van der Waals surface area (Å²) in [6, 6.07) is 6.04. The lowest BCUT2D eigenvalue weighted by Gasteiger charge is -2.17. The zero-order valence-electron chi connectivity index (χ0n) is 10.4. The third kappa shape index (κ3) is 2.54. The van der Waals surface area contributed by atoms with Crippen LogP contribution in [0.4, 0.5) is 11.4 Å². The van der Waals surface area contributed by atoms with Gasteiger partial charge in [0.2, 0.25) is 5.91 Å². The summed E-state index contributed by atoms with van der Waals surface area (Å²) >= 11 is 0. The Kier molecular flexibility index (Phi) is 2.87. The molecule has 3 N–H and O–H groups in total. The molecule has 0 radical (unpaired) electrons. The number of carbonyl (C=O) groups is 1. The van der Waals surface area contributed by atoms with Gasteiger partial charge in [0.05, 0.1) is 18.1 Å². The molecule has 1 aliphatic rings. The molecular weight excluding hydrogens is 240 g/mol. The van der Waals surface area contributed by atoms with Crippen LogP contribution in [0.2, 0.25) is 0 Å². The van der Waals surface area contributed by atoms with Gasteiger partial charge in [-0.25, -0.2) is 9.97 Å². The SMILES string of the molecule is Nc1cnc(Cc2ccc3c(c2)CCC(=O)N3)nc1. The highest BCUT2D eigenvalue weighted by atomic mass is 16.1. The van der Waals surface area contributed by atoms with E-state index < -0.39 is 0 Å². The number of amides is 1. The minimum atomic E-state index is 0.0853. The highest BCUT2D eigenvalue weighted by Gasteiger charge is 2.14. The lowest BCUT2D eigenvalue weighted by molar-refractivity contribution is -0.116. The quantitative estimate of drug-likeness (QED) is 0.851. The molecule has 0 bridgehead atoms. The summed E-state index contributed by atoms with van der Waals surface area (Å²) in [7, 11) is 0. The van der Waals surface area contributed by atoms with Crippen LogP contribution in [0.5, 0.6) is 0 Å². The topological polar surface area (TPSA) is 80.9 Å². The maximum absolute atomic E-state index is 11.3. The van der Waals surface area contributed by atoms with Crippen LogP contribution in [-0.2, 0) is 17.6 Å². The van der Waals surface area contributed by atoms with Gasteiger partial charge in [0, 0.05) is 18.5 Å². The number of nitrogen functional groups attached to an aromatic ring is 1. The standard InChI is InChI=1S/C14H14N4O/c15-11-7-16-13(17-8-11)6-9-1-3-12-10(5-9)2-4-14(19)18-12/h1,3,5,7-8H,2,4,6,15H2,(H,18,19). The first-order chi connectivity index (χ1) is 9.20. The van der Waals surface area contributed by atoms with Gasteiger partial charge in [-0.2, -0.15) is 0 Å². The molecule has 3 rings (SSSR count). The molecule has 1 aromatic heterocycles. The Morgan fingerprint density at radius 1 is 1.21 bits per heavy atom. The number of hydrogen-bond acceptors (Lipinski definition) is 4. The van der Waals surface area contributed by atoms with E-state index in [0.717, 1.165) is 23.5 Å². The maximum Gasteiger partial charge on any atom is 0.224 e. The van der Waals surface area contributed by atoms with Gasteiger partial charge in [-0.1, -0.05) is 12.1 Å². The van der Waals surface area contributed by atoms with E-state index in [4.69, 9.17) is 5.73 Å². The summed E-state index contributed by atoms with van der Waals surface area (Å²) in [5, 5.41) is 2.87. The Labute approximate surface area is 110 Å². The first kappa shape index (κ1) is 11.6. The minimum absolute atomic E-state index is 0.0853. The fourth-order valence-corrected chi connectivity index (χ4v) is 2.19. The van der Waals surface area contributed by atoms with Crippen molar-refractivity contribution in [3.05, 3.63) is 47.5 Å². The second kappa shape index (κ2) is 4.68. The molecule has 0 spiro atoms. The highest BCUT2D eigenvalue weighted by Crippen LogP contribution is 2.24. The van der Waals surface area contributed by atoms with Crippen molar-refractivity contribution in [2.75, 3.05) is 11.1 Å². The van der Waals surface area contributed by atoms with Crippen molar-refractivity contribution >= 4 is 17.3 Å². The van der Waals surface area contributed by atoms with Crippen molar-refractivity contribution in [1.29, 1.82) is 0 Å². The Hall–Kier alpha value is -2.43. The first-order valence-electron chi connectivity index (χ1n) is 6.19. The molecule has 1 amide bonds. The Morgan fingerprint density at radius 3 is 2.79 bits per heavy atom. The molecule has 0 saturated carbocycles. The Morgan fingerprint density at radius 2 is 2.00 bits per heavy atom. The third-order valence-electron chi connectivity index (χ3n) is 3.15. The first-order valence-corrected chi connectivity index (χ1v) is 6.19. The molecule has 5 nitrogen and oxygen atoms in total. The normalized spacial score (nSPS) is 13.8. The summed E-state index contributed by atoms with van der Waals surface area (Å²) in [5.74, 6) is 0.830. The van der Waals surface area contributed by atoms with Crippen LogP contribution in [0.3, 0.4) is 0 Å². The van der Waals surface area contributed by atoms with E-state index in [1.165, 1.54) is 5.56 Å². The van der Waals surface area contributed by atoms with Gasteiger partial charge in [0.25, 0.3) is 0 Å². The molecule has 0 atom stereocenters. The molecule has 96 valence electrons. The molecule has 1 aliphatic heterocycles. The molecule has 2 aromatic rings. The largest absolute Gasteiger partial charge is 0.396 e. The highest BCUT2D eigenvalue weighted by molar-refractivity contribution is 5.93. The van der Waals surface area contributed by atoms with Gasteiger partial charge in [0.1, 0.15) is 5.82 Å². The lowest BCUT2D eigenvalue weighted by Crippen LogP contribution is -2.19. The molecule has 5 heteroatoms. The van der Waals surface area contributed by atoms with E-state index in [2.05, 4.69) is 21.4 Å². The van der Waals surface area contributed by atoms with Crippen LogP contribution in [0.15, 0.2) is 30.6 Å². The number of anilines is 2. The van der Waals surface area contributed by atoms with Crippen molar-refractivity contribution in [3.63, 3.8) is 0 Å². The van der Waals surface area contributed by atoms with E-state index in [0.29, 0.717) is 18.5 Å². The molecule has 0 aliphatic carbocycles. The molecule has 19 heavy (non-hydrogen) atoms.